The van der Waals surface area contributed by atoms with Gasteiger partial charge in [-0.25, -0.2) is 0 Å². The van der Waals surface area contributed by atoms with Crippen molar-refractivity contribution < 1.29 is 28.5 Å². The van der Waals surface area contributed by atoms with Gasteiger partial charge in [-0.3, -0.25) is 15.6 Å². The molecule has 2 rings (SSSR count). The van der Waals surface area contributed by atoms with Gasteiger partial charge in [0.2, 0.25) is 5.75 Å². The van der Waals surface area contributed by atoms with Crippen molar-refractivity contribution in [3.05, 3.63) is 35.9 Å². The van der Waals surface area contributed by atoms with Crippen molar-refractivity contribution in [2.75, 3.05) is 40.9 Å². The van der Waals surface area contributed by atoms with E-state index in [-0.39, 0.29) is 5.11 Å². The zero-order chi connectivity index (χ0) is 21.4. The summed E-state index contributed by atoms with van der Waals surface area (Å²) in [6.45, 7) is 0. The first-order chi connectivity index (χ1) is 13.9. The predicted octanol–water partition coefficient (Wildman–Crippen LogP) is 2.36. The number of nitrogens with one attached hydrogen (secondary N) is 3. The van der Waals surface area contributed by atoms with Gasteiger partial charge in [0.1, 0.15) is 11.5 Å². The number of ether oxygens (including phenoxy) is 5. The Morgan fingerprint density at radius 2 is 1.31 bits per heavy atom. The fraction of sp³-hybridized carbons (Fsp3) is 0.263. The average molecular weight is 421 g/mol. The van der Waals surface area contributed by atoms with Crippen LogP contribution < -0.4 is 39.9 Å². The topological polar surface area (TPSA) is 99.3 Å². The van der Waals surface area contributed by atoms with Crippen LogP contribution in [0.5, 0.6) is 28.7 Å². The van der Waals surface area contributed by atoms with E-state index in [1.54, 1.807) is 30.3 Å². The maximum atomic E-state index is 12.4. The molecular weight excluding hydrogens is 398 g/mol. The molecule has 0 aliphatic carbocycles. The Bertz CT molecular complexity index is 843. The summed E-state index contributed by atoms with van der Waals surface area (Å²) in [5.41, 5.74) is 6.06. The molecule has 0 aliphatic rings. The van der Waals surface area contributed by atoms with Crippen LogP contribution in [0.1, 0.15) is 10.4 Å². The summed E-state index contributed by atoms with van der Waals surface area (Å²) in [5.74, 6) is 1.95. The van der Waals surface area contributed by atoms with E-state index in [2.05, 4.69) is 16.2 Å². The van der Waals surface area contributed by atoms with Crippen LogP contribution in [-0.2, 0) is 0 Å². The molecule has 0 unspecified atom stereocenters. The summed E-state index contributed by atoms with van der Waals surface area (Å²) in [6.07, 6.45) is 0. The Labute approximate surface area is 174 Å². The van der Waals surface area contributed by atoms with E-state index in [9.17, 15) is 4.79 Å². The molecule has 10 heteroatoms. The molecule has 9 nitrogen and oxygen atoms in total. The van der Waals surface area contributed by atoms with Crippen molar-refractivity contribution in [3.63, 3.8) is 0 Å². The highest BCUT2D eigenvalue weighted by Crippen LogP contribution is 2.39. The molecule has 0 saturated heterocycles. The fourth-order valence-electron chi connectivity index (χ4n) is 2.44. The second-order valence-electron chi connectivity index (χ2n) is 5.55. The molecular formula is C19H23N3O6S. The summed E-state index contributed by atoms with van der Waals surface area (Å²) in [7, 11) is 7.56. The molecule has 3 N–H and O–H groups in total. The second-order valence-corrected chi connectivity index (χ2v) is 5.96. The van der Waals surface area contributed by atoms with Crippen LogP contribution in [-0.4, -0.2) is 46.6 Å². The Morgan fingerprint density at radius 3 is 1.76 bits per heavy atom. The van der Waals surface area contributed by atoms with Crippen molar-refractivity contribution in [2.45, 2.75) is 0 Å². The van der Waals surface area contributed by atoms with Crippen molar-refractivity contribution in [1.82, 2.24) is 10.9 Å². The molecule has 2 aromatic rings. The highest BCUT2D eigenvalue weighted by Gasteiger charge is 2.14. The molecule has 0 aliphatic heterocycles. The first kappa shape index (κ1) is 21.9. The molecule has 0 atom stereocenters. The summed E-state index contributed by atoms with van der Waals surface area (Å²) >= 11 is 5.22. The van der Waals surface area contributed by atoms with Gasteiger partial charge in [0.15, 0.2) is 16.6 Å². The van der Waals surface area contributed by atoms with Gasteiger partial charge in [0.25, 0.3) is 5.91 Å². The smallest absolute Gasteiger partial charge is 0.269 e. The molecule has 29 heavy (non-hydrogen) atoms. The lowest BCUT2D eigenvalue weighted by molar-refractivity contribution is 0.0943. The first-order valence-electron chi connectivity index (χ1n) is 8.36. The van der Waals surface area contributed by atoms with E-state index in [0.29, 0.717) is 40.0 Å². The number of carbonyl (C=O) groups excluding carboxylic acids is 1. The zero-order valence-electron chi connectivity index (χ0n) is 16.7. The molecule has 0 aromatic heterocycles. The van der Waals surface area contributed by atoms with E-state index in [4.69, 9.17) is 35.9 Å². The maximum Gasteiger partial charge on any atom is 0.269 e. The van der Waals surface area contributed by atoms with E-state index < -0.39 is 5.91 Å². The van der Waals surface area contributed by atoms with Crippen molar-refractivity contribution in [3.8, 4) is 28.7 Å². The predicted molar refractivity (Wildman–Crippen MR) is 112 cm³/mol. The maximum absolute atomic E-state index is 12.4. The molecule has 0 saturated carbocycles. The van der Waals surface area contributed by atoms with Crippen LogP contribution in [0.4, 0.5) is 5.69 Å². The average Bonchev–Trinajstić information content (AvgIpc) is 2.75. The monoisotopic (exact) mass is 421 g/mol. The van der Waals surface area contributed by atoms with Crippen LogP contribution in [0.25, 0.3) is 0 Å². The second kappa shape index (κ2) is 10.2. The van der Waals surface area contributed by atoms with Crippen LogP contribution in [0.15, 0.2) is 30.3 Å². The van der Waals surface area contributed by atoms with Crippen molar-refractivity contribution >= 4 is 28.9 Å². The third-order valence-electron chi connectivity index (χ3n) is 3.83. The van der Waals surface area contributed by atoms with Crippen molar-refractivity contribution in [2.24, 2.45) is 0 Å². The number of hydrogen-bond acceptors (Lipinski definition) is 7. The lowest BCUT2D eigenvalue weighted by Gasteiger charge is -2.16. The molecule has 1 amide bonds. The molecule has 0 fully saturated rings. The third-order valence-corrected chi connectivity index (χ3v) is 4.03. The summed E-state index contributed by atoms with van der Waals surface area (Å²) in [5, 5.41) is 3.09. The van der Waals surface area contributed by atoms with E-state index in [1.807, 2.05) is 0 Å². The molecule has 0 spiro atoms. The van der Waals surface area contributed by atoms with Gasteiger partial charge >= 0.3 is 0 Å². The number of anilines is 1. The van der Waals surface area contributed by atoms with Gasteiger partial charge in [-0.1, -0.05) is 0 Å². The van der Waals surface area contributed by atoms with Gasteiger partial charge in [0, 0.05) is 29.4 Å². The van der Waals surface area contributed by atoms with E-state index in [1.165, 1.54) is 35.5 Å². The normalized spacial score (nSPS) is 9.83. The molecule has 156 valence electrons. The molecule has 0 heterocycles. The number of methoxy groups -OCH3 is 5. The lowest BCUT2D eigenvalue weighted by Crippen LogP contribution is -2.43. The third kappa shape index (κ3) is 5.55. The number of hydrazine groups is 1. The largest absolute Gasteiger partial charge is 0.497 e. The Balaban J connectivity index is 2.06. The first-order valence-corrected chi connectivity index (χ1v) is 8.77. The number of carbonyl (C=O) groups is 1. The van der Waals surface area contributed by atoms with Crippen LogP contribution in [0.2, 0.25) is 0 Å². The molecule has 0 bridgehead atoms. The Morgan fingerprint density at radius 1 is 0.759 bits per heavy atom. The minimum Gasteiger partial charge on any atom is -0.497 e. The number of thiocarbonyl (C=S) groups is 1. The summed E-state index contributed by atoms with van der Waals surface area (Å²) < 4.78 is 26.2. The standard InChI is InChI=1S/C19H23N3O6S/c1-24-13-6-11(7-14(10-13)25-2)18(23)21-22-19(29)20-12-8-15(26-3)17(28-5)16(9-12)27-4/h6-10H,1-5H3,(H,21,23)(H2,20,22,29). The fourth-order valence-corrected chi connectivity index (χ4v) is 2.61. The Kier molecular flexibility index (Phi) is 7.72. The number of hydrogen-bond donors (Lipinski definition) is 3. The van der Waals surface area contributed by atoms with Crippen LogP contribution in [0.3, 0.4) is 0 Å². The van der Waals surface area contributed by atoms with Gasteiger partial charge in [-0.2, -0.15) is 0 Å². The van der Waals surface area contributed by atoms with Gasteiger partial charge in [-0.05, 0) is 24.4 Å². The molecule has 0 radical (unpaired) electrons. The van der Waals surface area contributed by atoms with Crippen LogP contribution >= 0.6 is 12.2 Å². The Hall–Kier alpha value is -3.40. The highest BCUT2D eigenvalue weighted by molar-refractivity contribution is 7.80. The number of amides is 1. The zero-order valence-corrected chi connectivity index (χ0v) is 17.6. The molecule has 2 aromatic carbocycles. The summed E-state index contributed by atoms with van der Waals surface area (Å²) in [6, 6.07) is 8.19. The number of benzene rings is 2. The summed E-state index contributed by atoms with van der Waals surface area (Å²) in [4.78, 5) is 12.4. The van der Waals surface area contributed by atoms with Crippen molar-refractivity contribution in [1.29, 1.82) is 0 Å². The minimum atomic E-state index is -0.420. The van der Waals surface area contributed by atoms with E-state index in [0.717, 1.165) is 0 Å². The van der Waals surface area contributed by atoms with Gasteiger partial charge in [-0.15, -0.1) is 0 Å². The minimum absolute atomic E-state index is 0.155. The van der Waals surface area contributed by atoms with Crippen LogP contribution in [0, 0.1) is 0 Å². The SMILES string of the molecule is COc1cc(OC)cc(C(=O)NNC(=S)Nc2cc(OC)c(OC)c(OC)c2)c1. The van der Waals surface area contributed by atoms with E-state index >= 15 is 0 Å². The van der Waals surface area contributed by atoms with Gasteiger partial charge in [0.05, 0.1) is 35.5 Å². The quantitative estimate of drug-likeness (QED) is 0.460. The highest BCUT2D eigenvalue weighted by atomic mass is 32.1. The lowest BCUT2D eigenvalue weighted by atomic mass is 10.2. The van der Waals surface area contributed by atoms with Gasteiger partial charge < -0.3 is 29.0 Å². The number of rotatable bonds is 7.